The van der Waals surface area contributed by atoms with E-state index in [9.17, 15) is 4.79 Å². The number of aryl methyl sites for hydroxylation is 2. The van der Waals surface area contributed by atoms with E-state index in [-0.39, 0.29) is 5.91 Å². The molecule has 0 atom stereocenters. The van der Waals surface area contributed by atoms with E-state index >= 15 is 0 Å². The highest BCUT2D eigenvalue weighted by Gasteiger charge is 2.17. The van der Waals surface area contributed by atoms with Gasteiger partial charge >= 0.3 is 0 Å². The molecule has 4 rings (SSSR count). The van der Waals surface area contributed by atoms with Crippen LogP contribution in [0.15, 0.2) is 36.7 Å². The Hall–Kier alpha value is -2.18. The van der Waals surface area contributed by atoms with Crippen molar-refractivity contribution in [2.75, 3.05) is 5.32 Å². The van der Waals surface area contributed by atoms with Crippen LogP contribution in [0.25, 0.3) is 5.69 Å². The van der Waals surface area contributed by atoms with Crippen molar-refractivity contribution in [3.8, 4) is 5.69 Å². The summed E-state index contributed by atoms with van der Waals surface area (Å²) >= 11 is 7.76. The highest BCUT2D eigenvalue weighted by atomic mass is 35.5. The number of rotatable bonds is 3. The van der Waals surface area contributed by atoms with Gasteiger partial charge < -0.3 is 0 Å². The molecule has 3 aromatic rings. The summed E-state index contributed by atoms with van der Waals surface area (Å²) in [7, 11) is 0. The molecule has 128 valence electrons. The molecular weight excluding hydrogens is 356 g/mol. The number of nitrogens with zero attached hydrogens (tertiary/aromatic N) is 3. The van der Waals surface area contributed by atoms with Crippen LogP contribution in [0.2, 0.25) is 5.02 Å². The van der Waals surface area contributed by atoms with Gasteiger partial charge in [-0.15, -0.1) is 11.3 Å². The van der Waals surface area contributed by atoms with Gasteiger partial charge in [-0.2, -0.15) is 5.10 Å². The van der Waals surface area contributed by atoms with Gasteiger partial charge in [-0.25, -0.2) is 9.67 Å². The van der Waals surface area contributed by atoms with Crippen molar-refractivity contribution in [2.24, 2.45) is 0 Å². The van der Waals surface area contributed by atoms with Gasteiger partial charge in [0.05, 0.1) is 28.2 Å². The molecule has 0 unspecified atom stereocenters. The molecule has 1 aromatic carbocycles. The molecule has 25 heavy (non-hydrogen) atoms. The molecule has 1 aliphatic rings. The number of fused-ring (bicyclic) bond motifs is 1. The first-order valence-electron chi connectivity index (χ1n) is 8.30. The van der Waals surface area contributed by atoms with Crippen molar-refractivity contribution in [1.29, 1.82) is 0 Å². The van der Waals surface area contributed by atoms with Gasteiger partial charge in [0.1, 0.15) is 0 Å². The number of carbonyl (C=O) groups is 1. The zero-order valence-electron chi connectivity index (χ0n) is 13.5. The number of amides is 1. The van der Waals surface area contributed by atoms with Crippen LogP contribution in [0.4, 0.5) is 5.13 Å². The van der Waals surface area contributed by atoms with Crippen LogP contribution in [0.3, 0.4) is 0 Å². The summed E-state index contributed by atoms with van der Waals surface area (Å²) in [6.45, 7) is 0. The van der Waals surface area contributed by atoms with E-state index in [0.717, 1.165) is 24.2 Å². The third-order valence-electron chi connectivity index (χ3n) is 4.26. The highest BCUT2D eigenvalue weighted by molar-refractivity contribution is 7.15. The summed E-state index contributed by atoms with van der Waals surface area (Å²) in [6.07, 6.45) is 8.92. The number of carbonyl (C=O) groups excluding carboxylic acids is 1. The minimum Gasteiger partial charge on any atom is -0.298 e. The maximum Gasteiger partial charge on any atom is 0.260 e. The van der Waals surface area contributed by atoms with E-state index in [1.807, 2.05) is 18.2 Å². The maximum absolute atomic E-state index is 12.5. The van der Waals surface area contributed by atoms with Crippen LogP contribution >= 0.6 is 22.9 Å². The number of anilines is 1. The first kappa shape index (κ1) is 16.3. The standard InChI is InChI=1S/C18H17ClN4OS/c19-13-6-4-5-8-15(13)23-11-12(10-20-23)17(24)22-18-21-14-7-2-1-3-9-16(14)25-18/h4-6,8,10-11H,1-3,7,9H2,(H,21,22,24). The monoisotopic (exact) mass is 372 g/mol. The van der Waals surface area contributed by atoms with Gasteiger partial charge in [0.2, 0.25) is 0 Å². The summed E-state index contributed by atoms with van der Waals surface area (Å²) in [6, 6.07) is 7.39. The number of para-hydroxylation sites is 1. The van der Waals surface area contributed by atoms with Crippen LogP contribution in [-0.2, 0) is 12.8 Å². The Labute approximate surface area is 154 Å². The van der Waals surface area contributed by atoms with Gasteiger partial charge in [0.25, 0.3) is 5.91 Å². The van der Waals surface area contributed by atoms with Crippen LogP contribution in [-0.4, -0.2) is 20.7 Å². The quantitative estimate of drug-likeness (QED) is 0.688. The normalized spacial score (nSPS) is 14.0. The Bertz CT molecular complexity index is 894. The van der Waals surface area contributed by atoms with E-state index in [2.05, 4.69) is 15.4 Å². The summed E-state index contributed by atoms with van der Waals surface area (Å²) in [5, 5.41) is 8.39. The van der Waals surface area contributed by atoms with Crippen LogP contribution < -0.4 is 5.32 Å². The molecule has 2 heterocycles. The van der Waals surface area contributed by atoms with E-state index in [1.54, 1.807) is 28.3 Å². The van der Waals surface area contributed by atoms with Crippen molar-refractivity contribution in [3.63, 3.8) is 0 Å². The van der Waals surface area contributed by atoms with Crippen LogP contribution in [0.5, 0.6) is 0 Å². The lowest BCUT2D eigenvalue weighted by Crippen LogP contribution is -2.11. The summed E-state index contributed by atoms with van der Waals surface area (Å²) < 4.78 is 1.61. The molecule has 1 N–H and O–H groups in total. The second kappa shape index (κ2) is 6.98. The summed E-state index contributed by atoms with van der Waals surface area (Å²) in [4.78, 5) is 18.4. The van der Waals surface area contributed by atoms with Crippen molar-refractivity contribution in [2.45, 2.75) is 32.1 Å². The Balaban J connectivity index is 1.51. The number of nitrogens with one attached hydrogen (secondary N) is 1. The molecule has 1 aliphatic carbocycles. The topological polar surface area (TPSA) is 59.8 Å². The fraction of sp³-hybridized carbons (Fsp3) is 0.278. The number of thiazole rings is 1. The lowest BCUT2D eigenvalue weighted by molar-refractivity contribution is 0.102. The fourth-order valence-electron chi connectivity index (χ4n) is 2.96. The van der Waals surface area contributed by atoms with E-state index in [4.69, 9.17) is 11.6 Å². The van der Waals surface area contributed by atoms with Gasteiger partial charge in [0.15, 0.2) is 5.13 Å². The smallest absolute Gasteiger partial charge is 0.260 e. The number of hydrogen-bond acceptors (Lipinski definition) is 4. The lowest BCUT2D eigenvalue weighted by atomic mass is 10.2. The predicted octanol–water partition coefficient (Wildman–Crippen LogP) is 4.50. The lowest BCUT2D eigenvalue weighted by Gasteiger charge is -2.02. The second-order valence-corrected chi connectivity index (χ2v) is 7.52. The number of hydrogen-bond donors (Lipinski definition) is 1. The molecule has 0 spiro atoms. The molecule has 0 radical (unpaired) electrons. The van der Waals surface area contributed by atoms with Crippen LogP contribution in [0.1, 0.15) is 40.2 Å². The zero-order chi connectivity index (χ0) is 17.2. The average Bonchev–Trinajstić information content (AvgIpc) is 3.18. The van der Waals surface area contributed by atoms with E-state index in [0.29, 0.717) is 15.7 Å². The number of benzene rings is 1. The molecule has 1 amide bonds. The van der Waals surface area contributed by atoms with E-state index in [1.165, 1.54) is 30.3 Å². The Morgan fingerprint density at radius 1 is 1.20 bits per heavy atom. The third kappa shape index (κ3) is 3.45. The number of halogens is 1. The zero-order valence-corrected chi connectivity index (χ0v) is 15.1. The maximum atomic E-state index is 12.5. The molecule has 0 fully saturated rings. The van der Waals surface area contributed by atoms with Gasteiger partial charge in [-0.1, -0.05) is 30.2 Å². The van der Waals surface area contributed by atoms with E-state index < -0.39 is 0 Å². The SMILES string of the molecule is O=C(Nc1nc2c(s1)CCCCC2)c1cnn(-c2ccccc2Cl)c1. The Morgan fingerprint density at radius 3 is 2.92 bits per heavy atom. The largest absolute Gasteiger partial charge is 0.298 e. The molecule has 0 aliphatic heterocycles. The molecule has 0 bridgehead atoms. The van der Waals surface area contributed by atoms with Crippen molar-refractivity contribution in [1.82, 2.24) is 14.8 Å². The molecule has 0 saturated carbocycles. The third-order valence-corrected chi connectivity index (χ3v) is 5.65. The molecule has 2 aromatic heterocycles. The highest BCUT2D eigenvalue weighted by Crippen LogP contribution is 2.29. The Kier molecular flexibility index (Phi) is 4.55. The second-order valence-electron chi connectivity index (χ2n) is 6.03. The van der Waals surface area contributed by atoms with Crippen molar-refractivity contribution in [3.05, 3.63) is 57.8 Å². The number of aromatic nitrogens is 3. The molecular formula is C18H17ClN4OS. The Morgan fingerprint density at radius 2 is 2.04 bits per heavy atom. The van der Waals surface area contributed by atoms with Crippen LogP contribution in [0, 0.1) is 0 Å². The van der Waals surface area contributed by atoms with Crippen molar-refractivity contribution < 1.29 is 4.79 Å². The molecule has 5 nitrogen and oxygen atoms in total. The molecule has 7 heteroatoms. The summed E-state index contributed by atoms with van der Waals surface area (Å²) in [5.74, 6) is -0.206. The predicted molar refractivity (Wildman–Crippen MR) is 99.9 cm³/mol. The first-order valence-corrected chi connectivity index (χ1v) is 9.49. The average molecular weight is 373 g/mol. The van der Waals surface area contributed by atoms with Crippen molar-refractivity contribution >= 4 is 34.0 Å². The van der Waals surface area contributed by atoms with Gasteiger partial charge in [0, 0.05) is 11.1 Å². The van der Waals surface area contributed by atoms with Gasteiger partial charge in [-0.05, 0) is 37.8 Å². The minimum atomic E-state index is -0.206. The minimum absolute atomic E-state index is 0.206. The first-order chi connectivity index (χ1) is 12.2. The molecule has 0 saturated heterocycles. The summed E-state index contributed by atoms with van der Waals surface area (Å²) in [5.41, 5.74) is 2.36. The fourth-order valence-corrected chi connectivity index (χ4v) is 4.23. The van der Waals surface area contributed by atoms with Gasteiger partial charge in [-0.3, -0.25) is 10.1 Å².